The third-order valence-corrected chi connectivity index (χ3v) is 6.02. The van der Waals surface area contributed by atoms with E-state index in [9.17, 15) is 0 Å². The van der Waals surface area contributed by atoms with Gasteiger partial charge in [-0.05, 0) is 97.8 Å². The molecule has 0 fully saturated rings. The molecule has 0 nitrogen and oxygen atoms in total. The largest absolute Gasteiger partial charge is 0.0856 e. The molecule has 0 bridgehead atoms. The molecule has 0 rings (SSSR count). The zero-order valence-electron chi connectivity index (χ0n) is 21.9. The van der Waals surface area contributed by atoms with Crippen molar-refractivity contribution < 1.29 is 0 Å². The highest BCUT2D eigenvalue weighted by molar-refractivity contribution is 5.06. The van der Waals surface area contributed by atoms with Crippen molar-refractivity contribution in [1.82, 2.24) is 0 Å². The van der Waals surface area contributed by atoms with Crippen molar-refractivity contribution >= 4 is 0 Å². The molecule has 0 saturated carbocycles. The van der Waals surface area contributed by atoms with Gasteiger partial charge in [-0.2, -0.15) is 0 Å². The van der Waals surface area contributed by atoms with Crippen LogP contribution < -0.4 is 0 Å². The highest BCUT2D eigenvalue weighted by Gasteiger charge is 2.03. The van der Waals surface area contributed by atoms with Crippen molar-refractivity contribution in [3.8, 4) is 0 Å². The molecule has 0 aromatic heterocycles. The van der Waals surface area contributed by atoms with Gasteiger partial charge < -0.3 is 0 Å². The Hall–Kier alpha value is -1.04. The van der Waals surface area contributed by atoms with Gasteiger partial charge >= 0.3 is 0 Å². The summed E-state index contributed by atoms with van der Waals surface area (Å²) in [6.07, 6.45) is 25.1. The molecule has 0 radical (unpaired) electrons. The predicted octanol–water partition coefficient (Wildman–Crippen LogP) is 10.8. The second-order valence-corrected chi connectivity index (χ2v) is 10.4. The standard InChI is InChI=1S/C30H54/c1-25(2)15-11-19-29(7)23-13-21-27(5)17-9-10-18-28(6)22-14-24-30(8)20-12-16-26(3)4/h15,17-18,23,26,30H,9-14,16,19-22,24H2,1-8H3/b27-17+,28-18+,29-23+. The van der Waals surface area contributed by atoms with Gasteiger partial charge in [-0.15, -0.1) is 0 Å². The van der Waals surface area contributed by atoms with Crippen LogP contribution in [-0.2, 0) is 0 Å². The lowest BCUT2D eigenvalue weighted by Gasteiger charge is -2.12. The Kier molecular flexibility index (Phi) is 18.1. The Morgan fingerprint density at radius 2 is 1.00 bits per heavy atom. The highest BCUT2D eigenvalue weighted by Crippen LogP contribution is 2.19. The summed E-state index contributed by atoms with van der Waals surface area (Å²) < 4.78 is 0. The van der Waals surface area contributed by atoms with E-state index in [1.807, 2.05) is 0 Å². The molecule has 0 aliphatic rings. The van der Waals surface area contributed by atoms with E-state index in [4.69, 9.17) is 0 Å². The van der Waals surface area contributed by atoms with Crippen molar-refractivity contribution in [1.29, 1.82) is 0 Å². The Balaban J connectivity index is 3.91. The lowest BCUT2D eigenvalue weighted by molar-refractivity contribution is 0.427. The first kappa shape index (κ1) is 29.0. The minimum absolute atomic E-state index is 0.859. The van der Waals surface area contributed by atoms with E-state index in [-0.39, 0.29) is 0 Å². The zero-order valence-corrected chi connectivity index (χ0v) is 21.9. The van der Waals surface area contributed by atoms with Crippen LogP contribution in [0.2, 0.25) is 0 Å². The zero-order chi connectivity index (χ0) is 22.8. The summed E-state index contributed by atoms with van der Waals surface area (Å²) in [6.45, 7) is 18.4. The second kappa shape index (κ2) is 18.7. The number of allylic oxidation sites excluding steroid dienone is 8. The first-order valence-corrected chi connectivity index (χ1v) is 12.8. The van der Waals surface area contributed by atoms with Gasteiger partial charge in [0.15, 0.2) is 0 Å². The van der Waals surface area contributed by atoms with Gasteiger partial charge in [0.2, 0.25) is 0 Å². The van der Waals surface area contributed by atoms with Crippen LogP contribution in [0, 0.1) is 11.8 Å². The van der Waals surface area contributed by atoms with Crippen molar-refractivity contribution in [2.24, 2.45) is 11.8 Å². The molecule has 1 unspecified atom stereocenters. The van der Waals surface area contributed by atoms with Gasteiger partial charge in [0.1, 0.15) is 0 Å². The Bertz CT molecular complexity index is 534. The first-order valence-electron chi connectivity index (χ1n) is 12.8. The molecule has 0 N–H and O–H groups in total. The molecule has 174 valence electrons. The highest BCUT2D eigenvalue weighted by atomic mass is 14.1. The molecule has 0 heteroatoms. The first-order chi connectivity index (χ1) is 14.2. The summed E-state index contributed by atoms with van der Waals surface area (Å²) >= 11 is 0. The predicted molar refractivity (Wildman–Crippen MR) is 140 cm³/mol. The normalized spacial score (nSPS) is 14.4. The third-order valence-electron chi connectivity index (χ3n) is 6.02. The molecular formula is C30H54. The minimum Gasteiger partial charge on any atom is -0.0856 e. The lowest BCUT2D eigenvalue weighted by Crippen LogP contribution is -1.97. The summed E-state index contributed by atoms with van der Waals surface area (Å²) in [4.78, 5) is 0. The molecule has 0 aliphatic heterocycles. The molecule has 0 spiro atoms. The average molecular weight is 415 g/mol. The second-order valence-electron chi connectivity index (χ2n) is 10.4. The number of rotatable bonds is 17. The molecule has 1 atom stereocenters. The maximum absolute atomic E-state index is 2.47. The minimum atomic E-state index is 0.859. The maximum atomic E-state index is 2.47. The quantitative estimate of drug-likeness (QED) is 0.164. The summed E-state index contributed by atoms with van der Waals surface area (Å²) in [7, 11) is 0. The average Bonchev–Trinajstić information content (AvgIpc) is 2.64. The maximum Gasteiger partial charge on any atom is -0.0288 e. The van der Waals surface area contributed by atoms with Crippen LogP contribution >= 0.6 is 0 Å². The van der Waals surface area contributed by atoms with Gasteiger partial charge in [0.25, 0.3) is 0 Å². The number of hydrogen-bond acceptors (Lipinski definition) is 0. The van der Waals surface area contributed by atoms with Crippen LogP contribution in [0.25, 0.3) is 0 Å². The van der Waals surface area contributed by atoms with Crippen molar-refractivity contribution in [3.05, 3.63) is 46.6 Å². The van der Waals surface area contributed by atoms with Crippen LogP contribution in [-0.4, -0.2) is 0 Å². The Labute approximate surface area is 191 Å². The van der Waals surface area contributed by atoms with Crippen LogP contribution in [0.3, 0.4) is 0 Å². The van der Waals surface area contributed by atoms with Crippen molar-refractivity contribution in [2.45, 2.75) is 132 Å². The van der Waals surface area contributed by atoms with E-state index < -0.39 is 0 Å². The molecule has 0 aromatic carbocycles. The fourth-order valence-corrected chi connectivity index (χ4v) is 3.85. The summed E-state index contributed by atoms with van der Waals surface area (Å²) in [5.41, 5.74) is 6.10. The van der Waals surface area contributed by atoms with Gasteiger partial charge in [-0.3, -0.25) is 0 Å². The monoisotopic (exact) mass is 414 g/mol. The van der Waals surface area contributed by atoms with Gasteiger partial charge in [0.05, 0.1) is 0 Å². The smallest absolute Gasteiger partial charge is 0.0288 e. The molecule has 0 saturated heterocycles. The topological polar surface area (TPSA) is 0 Å². The lowest BCUT2D eigenvalue weighted by atomic mass is 9.94. The van der Waals surface area contributed by atoms with E-state index in [1.54, 1.807) is 11.1 Å². The SMILES string of the molecule is CC(C)=CCC/C(C)=C/CC/C(C)=C/CC/C=C(\C)CCCC(C)CCCC(C)C. The molecule has 0 aromatic rings. The summed E-state index contributed by atoms with van der Waals surface area (Å²) in [5, 5.41) is 0. The van der Waals surface area contributed by atoms with Crippen LogP contribution in [0.4, 0.5) is 0 Å². The Morgan fingerprint density at radius 3 is 1.53 bits per heavy atom. The van der Waals surface area contributed by atoms with Gasteiger partial charge in [-0.1, -0.05) is 93.1 Å². The summed E-state index contributed by atoms with van der Waals surface area (Å²) in [6, 6.07) is 0. The summed E-state index contributed by atoms with van der Waals surface area (Å²) in [5.74, 6) is 1.75. The van der Waals surface area contributed by atoms with Crippen molar-refractivity contribution in [3.63, 3.8) is 0 Å². The molecule has 0 heterocycles. The fourth-order valence-electron chi connectivity index (χ4n) is 3.85. The van der Waals surface area contributed by atoms with Crippen LogP contribution in [0.1, 0.15) is 132 Å². The van der Waals surface area contributed by atoms with E-state index in [0.717, 1.165) is 11.8 Å². The van der Waals surface area contributed by atoms with Crippen LogP contribution in [0.5, 0.6) is 0 Å². The fraction of sp³-hybridized carbons (Fsp3) is 0.733. The van der Waals surface area contributed by atoms with E-state index in [0.29, 0.717) is 0 Å². The number of hydrogen-bond donors (Lipinski definition) is 0. The van der Waals surface area contributed by atoms with E-state index in [1.165, 1.54) is 88.2 Å². The van der Waals surface area contributed by atoms with Gasteiger partial charge in [-0.25, -0.2) is 0 Å². The molecule has 30 heavy (non-hydrogen) atoms. The molecule has 0 aliphatic carbocycles. The van der Waals surface area contributed by atoms with E-state index >= 15 is 0 Å². The van der Waals surface area contributed by atoms with E-state index in [2.05, 4.69) is 79.7 Å². The van der Waals surface area contributed by atoms with Crippen LogP contribution in [0.15, 0.2) is 46.6 Å². The molecular weight excluding hydrogens is 360 g/mol. The number of unbranched alkanes of at least 4 members (excludes halogenated alkanes) is 1. The third kappa shape index (κ3) is 20.2. The Morgan fingerprint density at radius 1 is 0.533 bits per heavy atom. The van der Waals surface area contributed by atoms with Crippen molar-refractivity contribution in [2.75, 3.05) is 0 Å². The molecule has 0 amide bonds. The van der Waals surface area contributed by atoms with Gasteiger partial charge in [0, 0.05) is 0 Å².